The number of nitrogens with zero attached hydrogens (tertiary/aromatic N) is 2. The Labute approximate surface area is 96.0 Å². The van der Waals surface area contributed by atoms with Gasteiger partial charge in [-0.2, -0.15) is 0 Å². The molecule has 1 rings (SSSR count). The fraction of sp³-hybridized carbons (Fsp3) is 0.636. The van der Waals surface area contributed by atoms with E-state index < -0.39 is 0 Å². The van der Waals surface area contributed by atoms with Gasteiger partial charge < -0.3 is 15.2 Å². The Hall–Kier alpha value is -1.20. The highest BCUT2D eigenvalue weighted by atomic mass is 16.5. The van der Waals surface area contributed by atoms with Crippen LogP contribution in [0.25, 0.3) is 0 Å². The molecule has 0 amide bonds. The zero-order valence-corrected chi connectivity index (χ0v) is 10.0. The van der Waals surface area contributed by atoms with E-state index >= 15 is 0 Å². The Bertz CT molecular complexity index is 320. The van der Waals surface area contributed by atoms with E-state index in [0.29, 0.717) is 18.4 Å². The topological polar surface area (TPSA) is 70.3 Å². The lowest BCUT2D eigenvalue weighted by Gasteiger charge is -2.19. The van der Waals surface area contributed by atoms with Crippen LogP contribution in [0.3, 0.4) is 0 Å². The van der Waals surface area contributed by atoms with Crippen molar-refractivity contribution in [3.8, 4) is 5.88 Å². The van der Waals surface area contributed by atoms with Gasteiger partial charge in [0.15, 0.2) is 0 Å². The summed E-state index contributed by atoms with van der Waals surface area (Å²) in [6, 6.07) is 1.65. The summed E-state index contributed by atoms with van der Waals surface area (Å²) in [6.07, 6.45) is 2.38. The van der Waals surface area contributed by atoms with Crippen molar-refractivity contribution in [1.29, 1.82) is 0 Å². The van der Waals surface area contributed by atoms with E-state index in [1.54, 1.807) is 20.3 Å². The van der Waals surface area contributed by atoms with Crippen LogP contribution in [0.2, 0.25) is 0 Å². The number of ether oxygens (including phenoxy) is 2. The van der Waals surface area contributed by atoms with Gasteiger partial charge in [-0.1, -0.05) is 6.92 Å². The molecule has 1 heterocycles. The SMILES string of the molecule is COCCC(C)C(N)c1cc(OC)ncn1. The van der Waals surface area contributed by atoms with Crippen molar-refractivity contribution in [1.82, 2.24) is 9.97 Å². The van der Waals surface area contributed by atoms with Gasteiger partial charge in [-0.25, -0.2) is 9.97 Å². The Morgan fingerprint density at radius 2 is 2.12 bits per heavy atom. The first-order valence-electron chi connectivity index (χ1n) is 5.29. The molecule has 5 heteroatoms. The third-order valence-electron chi connectivity index (χ3n) is 2.60. The smallest absolute Gasteiger partial charge is 0.216 e. The maximum atomic E-state index is 6.10. The molecule has 0 spiro atoms. The predicted octanol–water partition coefficient (Wildman–Crippen LogP) is 1.16. The molecule has 0 saturated heterocycles. The molecule has 0 bridgehead atoms. The Balaban J connectivity index is 2.67. The van der Waals surface area contributed by atoms with E-state index in [-0.39, 0.29) is 6.04 Å². The molecule has 2 atom stereocenters. The van der Waals surface area contributed by atoms with Gasteiger partial charge in [-0.05, 0) is 12.3 Å². The van der Waals surface area contributed by atoms with Gasteiger partial charge in [0.05, 0.1) is 12.8 Å². The molecule has 16 heavy (non-hydrogen) atoms. The highest BCUT2D eigenvalue weighted by Gasteiger charge is 2.16. The van der Waals surface area contributed by atoms with Crippen LogP contribution in [0.1, 0.15) is 25.1 Å². The van der Waals surface area contributed by atoms with E-state index in [1.165, 1.54) is 6.33 Å². The van der Waals surface area contributed by atoms with Crippen LogP contribution in [0.15, 0.2) is 12.4 Å². The third kappa shape index (κ3) is 3.43. The molecule has 2 N–H and O–H groups in total. The lowest BCUT2D eigenvalue weighted by Crippen LogP contribution is -2.21. The standard InChI is InChI=1S/C11H19N3O2/c1-8(4-5-15-2)11(12)9-6-10(16-3)14-7-13-9/h6-8,11H,4-5,12H2,1-3H3. The van der Waals surface area contributed by atoms with Crippen LogP contribution in [-0.4, -0.2) is 30.8 Å². The van der Waals surface area contributed by atoms with Crippen LogP contribution in [0, 0.1) is 5.92 Å². The van der Waals surface area contributed by atoms with Crippen LogP contribution in [0.4, 0.5) is 0 Å². The minimum atomic E-state index is -0.118. The van der Waals surface area contributed by atoms with Crippen LogP contribution in [0.5, 0.6) is 5.88 Å². The molecule has 1 aromatic heterocycles. The van der Waals surface area contributed by atoms with Crippen molar-refractivity contribution in [3.63, 3.8) is 0 Å². The van der Waals surface area contributed by atoms with Gasteiger partial charge in [-0.3, -0.25) is 0 Å². The molecule has 0 radical (unpaired) electrons. The second-order valence-electron chi connectivity index (χ2n) is 3.77. The molecule has 0 aliphatic rings. The van der Waals surface area contributed by atoms with Crippen LogP contribution in [-0.2, 0) is 4.74 Å². The van der Waals surface area contributed by atoms with Crippen molar-refractivity contribution in [2.24, 2.45) is 11.7 Å². The summed E-state index contributed by atoms with van der Waals surface area (Å²) in [5.41, 5.74) is 6.90. The fourth-order valence-corrected chi connectivity index (χ4v) is 1.42. The highest BCUT2D eigenvalue weighted by molar-refractivity contribution is 5.16. The van der Waals surface area contributed by atoms with Crippen molar-refractivity contribution in [3.05, 3.63) is 18.1 Å². The highest BCUT2D eigenvalue weighted by Crippen LogP contribution is 2.21. The van der Waals surface area contributed by atoms with Crippen LogP contribution < -0.4 is 10.5 Å². The summed E-state index contributed by atoms with van der Waals surface area (Å²) in [5.74, 6) is 0.846. The first-order valence-corrected chi connectivity index (χ1v) is 5.29. The van der Waals surface area contributed by atoms with Gasteiger partial charge in [-0.15, -0.1) is 0 Å². The average molecular weight is 225 g/mol. The number of rotatable bonds is 6. The normalized spacial score (nSPS) is 14.5. The van der Waals surface area contributed by atoms with Crippen molar-refractivity contribution < 1.29 is 9.47 Å². The number of hydrogen-bond donors (Lipinski definition) is 1. The largest absolute Gasteiger partial charge is 0.481 e. The summed E-state index contributed by atoms with van der Waals surface area (Å²) in [6.45, 7) is 2.79. The Kier molecular flexibility index (Phi) is 5.14. The van der Waals surface area contributed by atoms with Crippen molar-refractivity contribution in [2.45, 2.75) is 19.4 Å². The lowest BCUT2D eigenvalue weighted by atomic mass is 9.96. The predicted molar refractivity (Wildman–Crippen MR) is 61.2 cm³/mol. The molecule has 5 nitrogen and oxygen atoms in total. The molecule has 0 aliphatic carbocycles. The maximum absolute atomic E-state index is 6.10. The third-order valence-corrected chi connectivity index (χ3v) is 2.60. The van der Waals surface area contributed by atoms with E-state index in [0.717, 1.165) is 12.1 Å². The molecule has 0 saturated carbocycles. The molecule has 1 aromatic rings. The monoisotopic (exact) mass is 225 g/mol. The molecule has 0 aromatic carbocycles. The Morgan fingerprint density at radius 3 is 2.75 bits per heavy atom. The zero-order valence-electron chi connectivity index (χ0n) is 10.0. The number of hydrogen-bond acceptors (Lipinski definition) is 5. The van der Waals surface area contributed by atoms with Gasteiger partial charge in [0, 0.05) is 25.8 Å². The second-order valence-corrected chi connectivity index (χ2v) is 3.77. The van der Waals surface area contributed by atoms with Gasteiger partial charge in [0.2, 0.25) is 5.88 Å². The molecule has 0 aliphatic heterocycles. The van der Waals surface area contributed by atoms with E-state index in [1.807, 2.05) is 0 Å². The van der Waals surface area contributed by atoms with Crippen LogP contribution >= 0.6 is 0 Å². The second kappa shape index (κ2) is 6.40. The number of aromatic nitrogens is 2. The van der Waals surface area contributed by atoms with E-state index in [9.17, 15) is 0 Å². The first-order chi connectivity index (χ1) is 7.69. The summed E-state index contributed by atoms with van der Waals surface area (Å²) in [5, 5.41) is 0. The zero-order chi connectivity index (χ0) is 12.0. The maximum Gasteiger partial charge on any atom is 0.216 e. The molecular weight excluding hydrogens is 206 g/mol. The van der Waals surface area contributed by atoms with Crippen molar-refractivity contribution >= 4 is 0 Å². The summed E-state index contributed by atoms with van der Waals surface area (Å²) in [4.78, 5) is 8.11. The lowest BCUT2D eigenvalue weighted by molar-refractivity contribution is 0.174. The van der Waals surface area contributed by atoms with Gasteiger partial charge in [0.25, 0.3) is 0 Å². The number of methoxy groups -OCH3 is 2. The molecule has 90 valence electrons. The molecule has 0 fully saturated rings. The first kappa shape index (κ1) is 12.9. The summed E-state index contributed by atoms with van der Waals surface area (Å²) >= 11 is 0. The summed E-state index contributed by atoms with van der Waals surface area (Å²) in [7, 11) is 3.26. The fourth-order valence-electron chi connectivity index (χ4n) is 1.42. The Morgan fingerprint density at radius 1 is 1.38 bits per heavy atom. The minimum absolute atomic E-state index is 0.118. The van der Waals surface area contributed by atoms with Gasteiger partial charge in [0.1, 0.15) is 6.33 Å². The minimum Gasteiger partial charge on any atom is -0.481 e. The number of nitrogens with two attached hydrogens (primary N) is 1. The van der Waals surface area contributed by atoms with Gasteiger partial charge >= 0.3 is 0 Å². The molecule has 2 unspecified atom stereocenters. The van der Waals surface area contributed by atoms with E-state index in [4.69, 9.17) is 15.2 Å². The quantitative estimate of drug-likeness (QED) is 0.786. The average Bonchev–Trinajstić information content (AvgIpc) is 2.35. The molecular formula is C11H19N3O2. The van der Waals surface area contributed by atoms with E-state index in [2.05, 4.69) is 16.9 Å². The summed E-state index contributed by atoms with van der Waals surface area (Å²) < 4.78 is 10.1. The van der Waals surface area contributed by atoms with Crippen molar-refractivity contribution in [2.75, 3.05) is 20.8 Å².